The van der Waals surface area contributed by atoms with E-state index in [4.69, 9.17) is 4.74 Å². The summed E-state index contributed by atoms with van der Waals surface area (Å²) in [6.07, 6.45) is 0. The first-order valence-corrected chi connectivity index (χ1v) is 6.77. The van der Waals surface area contributed by atoms with Crippen LogP contribution in [0.25, 0.3) is 0 Å². The summed E-state index contributed by atoms with van der Waals surface area (Å²) in [5.74, 6) is 0.799. The summed E-state index contributed by atoms with van der Waals surface area (Å²) in [4.78, 5) is 2.29. The minimum Gasteiger partial charge on any atom is -0.488 e. The summed E-state index contributed by atoms with van der Waals surface area (Å²) in [6.45, 7) is 6.89. The van der Waals surface area contributed by atoms with E-state index in [-0.39, 0.29) is 0 Å². The maximum absolute atomic E-state index is 5.79. The van der Waals surface area contributed by atoms with Crippen molar-refractivity contribution < 1.29 is 4.74 Å². The molecule has 2 aromatic rings. The van der Waals surface area contributed by atoms with Crippen molar-refractivity contribution in [3.05, 3.63) is 60.2 Å². The normalized spacial score (nSPS) is 10.2. The Balaban J connectivity index is 2.03. The van der Waals surface area contributed by atoms with Crippen molar-refractivity contribution in [2.45, 2.75) is 20.5 Å². The Hall–Kier alpha value is -1.96. The number of benzene rings is 2. The lowest BCUT2D eigenvalue weighted by atomic mass is 10.2. The summed E-state index contributed by atoms with van der Waals surface area (Å²) in [5.41, 5.74) is 2.36. The number of nitrogens with zero attached hydrogens (tertiary/aromatic N) is 1. The van der Waals surface area contributed by atoms with E-state index in [0.29, 0.717) is 6.61 Å². The van der Waals surface area contributed by atoms with Crippen LogP contribution < -0.4 is 9.64 Å². The third-order valence-electron chi connectivity index (χ3n) is 3.12. The monoisotopic (exact) mass is 254 g/mol. The SMILES string of the molecule is CCN(CC)c1cc[c]c(OCc2ccccc2)c1. The zero-order valence-electron chi connectivity index (χ0n) is 11.6. The molecule has 0 aliphatic carbocycles. The fraction of sp³-hybridized carbons (Fsp3) is 0.294. The fourth-order valence-corrected chi connectivity index (χ4v) is 2.04. The van der Waals surface area contributed by atoms with Gasteiger partial charge in [0, 0.05) is 30.9 Å². The van der Waals surface area contributed by atoms with Gasteiger partial charge in [-0.25, -0.2) is 0 Å². The zero-order chi connectivity index (χ0) is 13.5. The fourth-order valence-electron chi connectivity index (χ4n) is 2.04. The molecule has 0 bridgehead atoms. The lowest BCUT2D eigenvalue weighted by Gasteiger charge is -2.21. The van der Waals surface area contributed by atoms with Crippen LogP contribution in [-0.2, 0) is 6.61 Å². The van der Waals surface area contributed by atoms with Crippen LogP contribution in [0.2, 0.25) is 0 Å². The van der Waals surface area contributed by atoms with Gasteiger partial charge in [0.25, 0.3) is 0 Å². The van der Waals surface area contributed by atoms with E-state index in [1.165, 1.54) is 11.3 Å². The average molecular weight is 254 g/mol. The molecule has 2 nitrogen and oxygen atoms in total. The average Bonchev–Trinajstić information content (AvgIpc) is 2.48. The number of anilines is 1. The van der Waals surface area contributed by atoms with Crippen LogP contribution in [0.4, 0.5) is 5.69 Å². The summed E-state index contributed by atoms with van der Waals surface area (Å²) in [7, 11) is 0. The third-order valence-corrected chi connectivity index (χ3v) is 3.12. The molecule has 0 N–H and O–H groups in total. The highest BCUT2D eigenvalue weighted by atomic mass is 16.5. The molecule has 0 unspecified atom stereocenters. The van der Waals surface area contributed by atoms with E-state index in [1.807, 2.05) is 24.3 Å². The van der Waals surface area contributed by atoms with Crippen LogP contribution in [0, 0.1) is 6.07 Å². The molecule has 0 heterocycles. The molecule has 0 fully saturated rings. The quantitative estimate of drug-likeness (QED) is 0.775. The van der Waals surface area contributed by atoms with Gasteiger partial charge < -0.3 is 9.64 Å². The van der Waals surface area contributed by atoms with E-state index < -0.39 is 0 Å². The molecule has 19 heavy (non-hydrogen) atoms. The second-order valence-corrected chi connectivity index (χ2v) is 4.36. The van der Waals surface area contributed by atoms with Crippen molar-refractivity contribution in [3.8, 4) is 5.75 Å². The Morgan fingerprint density at radius 1 is 1.05 bits per heavy atom. The first kappa shape index (κ1) is 13.5. The van der Waals surface area contributed by atoms with Gasteiger partial charge in [-0.3, -0.25) is 0 Å². The van der Waals surface area contributed by atoms with E-state index in [1.54, 1.807) is 0 Å². The molecule has 0 aliphatic heterocycles. The predicted octanol–water partition coefficient (Wildman–Crippen LogP) is 3.91. The maximum atomic E-state index is 5.79. The molecule has 1 radical (unpaired) electrons. The van der Waals surface area contributed by atoms with Gasteiger partial charge in [-0.15, -0.1) is 0 Å². The van der Waals surface area contributed by atoms with Gasteiger partial charge in [0.05, 0.1) is 0 Å². The van der Waals surface area contributed by atoms with Crippen molar-refractivity contribution in [3.63, 3.8) is 0 Å². The van der Waals surface area contributed by atoms with Crippen LogP contribution >= 0.6 is 0 Å². The molecule has 2 aromatic carbocycles. The van der Waals surface area contributed by atoms with Crippen LogP contribution in [0.5, 0.6) is 5.75 Å². The van der Waals surface area contributed by atoms with Crippen LogP contribution in [0.15, 0.2) is 48.5 Å². The summed E-state index contributed by atoms with van der Waals surface area (Å²) in [6, 6.07) is 19.4. The Morgan fingerprint density at radius 2 is 1.79 bits per heavy atom. The number of ether oxygens (including phenoxy) is 1. The van der Waals surface area contributed by atoms with E-state index in [9.17, 15) is 0 Å². The topological polar surface area (TPSA) is 12.5 Å². The van der Waals surface area contributed by atoms with E-state index >= 15 is 0 Å². The maximum Gasteiger partial charge on any atom is 0.129 e. The smallest absolute Gasteiger partial charge is 0.129 e. The van der Waals surface area contributed by atoms with Crippen LogP contribution in [0.3, 0.4) is 0 Å². The zero-order valence-corrected chi connectivity index (χ0v) is 11.6. The van der Waals surface area contributed by atoms with E-state index in [0.717, 1.165) is 18.8 Å². The Bertz CT molecular complexity index is 492. The summed E-state index contributed by atoms with van der Waals surface area (Å²) >= 11 is 0. The van der Waals surface area contributed by atoms with Gasteiger partial charge in [0.2, 0.25) is 0 Å². The van der Waals surface area contributed by atoms with Crippen LogP contribution in [0.1, 0.15) is 19.4 Å². The summed E-state index contributed by atoms with van der Waals surface area (Å²) in [5, 5.41) is 0. The first-order chi connectivity index (χ1) is 9.33. The molecular formula is C17H20NO. The Morgan fingerprint density at radius 3 is 2.47 bits per heavy atom. The standard InChI is InChI=1S/C17H20NO/c1-3-18(4-2)16-11-8-12-17(13-16)19-14-15-9-6-5-7-10-15/h5-11,13H,3-4,14H2,1-2H3. The highest BCUT2D eigenvalue weighted by molar-refractivity contribution is 5.50. The molecule has 0 aliphatic rings. The number of rotatable bonds is 6. The molecule has 0 amide bonds. The first-order valence-electron chi connectivity index (χ1n) is 6.77. The van der Waals surface area contributed by atoms with Crippen molar-refractivity contribution in [1.29, 1.82) is 0 Å². The highest BCUT2D eigenvalue weighted by Gasteiger charge is 2.03. The van der Waals surface area contributed by atoms with Gasteiger partial charge >= 0.3 is 0 Å². The number of hydrogen-bond donors (Lipinski definition) is 0. The molecule has 0 saturated heterocycles. The molecule has 0 aromatic heterocycles. The lowest BCUT2D eigenvalue weighted by Crippen LogP contribution is -2.21. The van der Waals surface area contributed by atoms with Gasteiger partial charge in [-0.05, 0) is 31.5 Å². The Kier molecular flexibility index (Phi) is 4.85. The minimum absolute atomic E-state index is 0.582. The third kappa shape index (κ3) is 3.75. The molecule has 0 spiro atoms. The van der Waals surface area contributed by atoms with Crippen LogP contribution in [-0.4, -0.2) is 13.1 Å². The molecule has 99 valence electrons. The van der Waals surface area contributed by atoms with Gasteiger partial charge in [-0.2, -0.15) is 0 Å². The molecule has 0 atom stereocenters. The molecule has 2 rings (SSSR count). The van der Waals surface area contributed by atoms with Crippen molar-refractivity contribution >= 4 is 5.69 Å². The Labute approximate surface area is 115 Å². The minimum atomic E-state index is 0.582. The molecule has 2 heteroatoms. The number of hydrogen-bond acceptors (Lipinski definition) is 2. The second-order valence-electron chi connectivity index (χ2n) is 4.36. The van der Waals surface area contributed by atoms with Gasteiger partial charge in [0.15, 0.2) is 0 Å². The largest absolute Gasteiger partial charge is 0.488 e. The van der Waals surface area contributed by atoms with Gasteiger partial charge in [-0.1, -0.05) is 30.3 Å². The molecule has 0 saturated carbocycles. The van der Waals surface area contributed by atoms with Crippen molar-refractivity contribution in [2.75, 3.05) is 18.0 Å². The summed E-state index contributed by atoms with van der Waals surface area (Å²) < 4.78 is 5.79. The highest BCUT2D eigenvalue weighted by Crippen LogP contribution is 2.21. The molecular weight excluding hydrogens is 234 g/mol. The lowest BCUT2D eigenvalue weighted by molar-refractivity contribution is 0.305. The second kappa shape index (κ2) is 6.83. The van der Waals surface area contributed by atoms with E-state index in [2.05, 4.69) is 49.1 Å². The van der Waals surface area contributed by atoms with Crippen molar-refractivity contribution in [1.82, 2.24) is 0 Å². The van der Waals surface area contributed by atoms with Gasteiger partial charge in [0.1, 0.15) is 12.4 Å². The predicted molar refractivity (Wildman–Crippen MR) is 79.6 cm³/mol. The van der Waals surface area contributed by atoms with Crippen molar-refractivity contribution in [2.24, 2.45) is 0 Å².